The minimum Gasteiger partial charge on any atom is -0.299 e. The molecule has 0 saturated carbocycles. The average Bonchev–Trinajstić information content (AvgIpc) is 2.32. The van der Waals surface area contributed by atoms with Crippen molar-refractivity contribution in [3.63, 3.8) is 0 Å². The molecule has 1 saturated heterocycles. The van der Waals surface area contributed by atoms with Gasteiger partial charge in [-0.3, -0.25) is 4.90 Å². The highest BCUT2D eigenvalue weighted by atomic mass is 35.5. The van der Waals surface area contributed by atoms with E-state index in [2.05, 4.69) is 4.90 Å². The van der Waals surface area contributed by atoms with Gasteiger partial charge in [-0.05, 0) is 49.1 Å². The van der Waals surface area contributed by atoms with Crippen molar-refractivity contribution in [2.45, 2.75) is 19.4 Å². The van der Waals surface area contributed by atoms with Gasteiger partial charge in [0.25, 0.3) is 0 Å². The molecule has 1 aliphatic heterocycles. The molecule has 0 unspecified atom stereocenters. The Morgan fingerprint density at radius 3 is 2.80 bits per heavy atom. The summed E-state index contributed by atoms with van der Waals surface area (Å²) in [5.74, 6) is 0.143. The van der Waals surface area contributed by atoms with Crippen LogP contribution in [0.4, 0.5) is 0 Å². The van der Waals surface area contributed by atoms with Gasteiger partial charge in [0, 0.05) is 23.1 Å². The summed E-state index contributed by atoms with van der Waals surface area (Å²) in [7, 11) is -3.41. The molecule has 0 spiro atoms. The predicted octanol–water partition coefficient (Wildman–Crippen LogP) is 2.49. The fourth-order valence-corrected chi connectivity index (χ4v) is 3.97. The van der Waals surface area contributed by atoms with Gasteiger partial charge in [-0.15, -0.1) is 0 Å². The lowest BCUT2D eigenvalue weighted by Gasteiger charge is -2.32. The quantitative estimate of drug-likeness (QED) is 0.918. The van der Waals surface area contributed by atoms with Gasteiger partial charge in [-0.1, -0.05) is 23.2 Å². The molecule has 2 rings (SSSR count). The molecule has 1 aromatic rings. The van der Waals surface area contributed by atoms with Crippen LogP contribution in [0.25, 0.3) is 0 Å². The van der Waals surface area contributed by atoms with E-state index in [1.165, 1.54) is 0 Å². The molecule has 0 radical (unpaired) electrons. The van der Waals surface area contributed by atoms with Gasteiger partial charge in [0.2, 0.25) is 10.0 Å². The maximum atomic E-state index is 11.2. The molecule has 0 bridgehead atoms. The molecule has 20 heavy (non-hydrogen) atoms. The Morgan fingerprint density at radius 1 is 1.35 bits per heavy atom. The fraction of sp³-hybridized carbons (Fsp3) is 0.538. The van der Waals surface area contributed by atoms with Gasteiger partial charge in [-0.2, -0.15) is 0 Å². The zero-order chi connectivity index (χ0) is 14.8. The van der Waals surface area contributed by atoms with Crippen LogP contribution in [0.15, 0.2) is 18.2 Å². The largest absolute Gasteiger partial charge is 0.299 e. The van der Waals surface area contributed by atoms with Gasteiger partial charge in [0.15, 0.2) is 0 Å². The summed E-state index contributed by atoms with van der Waals surface area (Å²) < 4.78 is 22.4. The first-order valence-corrected chi connectivity index (χ1v) is 8.97. The van der Waals surface area contributed by atoms with Crippen LogP contribution in [0.2, 0.25) is 10.0 Å². The molecular formula is C13H18Cl2N2O2S. The second kappa shape index (κ2) is 6.62. The SMILES string of the molecule is NS(=O)(=O)C[C@H]1CCCN(Cc2cc(Cl)ccc2Cl)C1. The van der Waals surface area contributed by atoms with Gasteiger partial charge >= 0.3 is 0 Å². The smallest absolute Gasteiger partial charge is 0.209 e. The van der Waals surface area contributed by atoms with Crippen LogP contribution in [-0.2, 0) is 16.6 Å². The third kappa shape index (κ3) is 4.90. The van der Waals surface area contributed by atoms with Crippen molar-refractivity contribution < 1.29 is 8.42 Å². The van der Waals surface area contributed by atoms with Crippen molar-refractivity contribution in [3.05, 3.63) is 33.8 Å². The summed E-state index contributed by atoms with van der Waals surface area (Å²) in [5.41, 5.74) is 0.968. The lowest BCUT2D eigenvalue weighted by Crippen LogP contribution is -2.38. The fourth-order valence-electron chi connectivity index (χ4n) is 2.66. The highest BCUT2D eigenvalue weighted by molar-refractivity contribution is 7.89. The number of nitrogens with two attached hydrogens (primary N) is 1. The minimum atomic E-state index is -3.41. The number of benzene rings is 1. The summed E-state index contributed by atoms with van der Waals surface area (Å²) in [4.78, 5) is 2.21. The lowest BCUT2D eigenvalue weighted by atomic mass is 9.99. The van der Waals surface area contributed by atoms with Crippen LogP contribution in [0.5, 0.6) is 0 Å². The van der Waals surface area contributed by atoms with E-state index >= 15 is 0 Å². The van der Waals surface area contributed by atoms with E-state index < -0.39 is 10.0 Å². The van der Waals surface area contributed by atoms with Gasteiger partial charge in [0.05, 0.1) is 5.75 Å². The van der Waals surface area contributed by atoms with Crippen molar-refractivity contribution >= 4 is 33.2 Å². The first-order chi connectivity index (χ1) is 9.33. The summed E-state index contributed by atoms with van der Waals surface area (Å²) in [6.07, 6.45) is 1.87. The van der Waals surface area contributed by atoms with Crippen LogP contribution >= 0.6 is 23.2 Å². The summed E-state index contributed by atoms with van der Waals surface area (Å²) in [6, 6.07) is 5.39. The maximum Gasteiger partial charge on any atom is 0.209 e. The van der Waals surface area contributed by atoms with E-state index in [0.29, 0.717) is 16.6 Å². The molecule has 0 amide bonds. The summed E-state index contributed by atoms with van der Waals surface area (Å²) >= 11 is 12.1. The molecule has 0 aliphatic carbocycles. The number of likely N-dealkylation sites (tertiary alicyclic amines) is 1. The number of nitrogens with zero attached hydrogens (tertiary/aromatic N) is 1. The van der Waals surface area contributed by atoms with Crippen LogP contribution < -0.4 is 5.14 Å². The molecule has 1 heterocycles. The standard InChI is InChI=1S/C13H18Cl2N2O2S/c14-12-3-4-13(15)11(6-12)8-17-5-1-2-10(7-17)9-20(16,18)19/h3-4,6,10H,1-2,5,7-9H2,(H2,16,18,19)/t10-/m0/s1. The van der Waals surface area contributed by atoms with Gasteiger partial charge in [0.1, 0.15) is 0 Å². The topological polar surface area (TPSA) is 63.4 Å². The number of piperidine rings is 1. The molecule has 2 N–H and O–H groups in total. The van der Waals surface area contributed by atoms with Crippen LogP contribution in [0, 0.1) is 5.92 Å². The molecular weight excluding hydrogens is 319 g/mol. The molecule has 112 valence electrons. The number of primary sulfonamides is 1. The van der Waals surface area contributed by atoms with Crippen LogP contribution in [-0.4, -0.2) is 32.2 Å². The minimum absolute atomic E-state index is 0.0484. The third-order valence-electron chi connectivity index (χ3n) is 3.47. The Morgan fingerprint density at radius 2 is 2.10 bits per heavy atom. The molecule has 4 nitrogen and oxygen atoms in total. The Hall–Kier alpha value is -0.330. The van der Waals surface area contributed by atoms with Crippen molar-refractivity contribution in [1.29, 1.82) is 0 Å². The van der Waals surface area contributed by atoms with Crippen LogP contribution in [0.3, 0.4) is 0 Å². The highest BCUT2D eigenvalue weighted by Crippen LogP contribution is 2.25. The third-order valence-corrected chi connectivity index (χ3v) is 5.01. The number of rotatable bonds is 4. The maximum absolute atomic E-state index is 11.2. The van der Waals surface area contributed by atoms with Gasteiger partial charge < -0.3 is 0 Å². The zero-order valence-corrected chi connectivity index (χ0v) is 13.4. The second-order valence-corrected chi connectivity index (χ2v) is 7.81. The number of hydrogen-bond acceptors (Lipinski definition) is 3. The molecule has 1 aliphatic rings. The van der Waals surface area contributed by atoms with Crippen molar-refractivity contribution in [3.8, 4) is 0 Å². The summed E-state index contributed by atoms with van der Waals surface area (Å²) in [6.45, 7) is 2.34. The Kier molecular flexibility index (Phi) is 5.31. The average molecular weight is 337 g/mol. The number of hydrogen-bond donors (Lipinski definition) is 1. The van der Waals surface area contributed by atoms with Crippen molar-refractivity contribution in [2.75, 3.05) is 18.8 Å². The second-order valence-electron chi connectivity index (χ2n) is 5.31. The van der Waals surface area contributed by atoms with E-state index in [0.717, 1.165) is 31.5 Å². The molecule has 1 fully saturated rings. The Labute approximate surface area is 129 Å². The highest BCUT2D eigenvalue weighted by Gasteiger charge is 2.23. The Bertz CT molecular complexity index is 578. The predicted molar refractivity (Wildman–Crippen MR) is 82.4 cm³/mol. The first-order valence-electron chi connectivity index (χ1n) is 6.50. The van der Waals surface area contributed by atoms with Gasteiger partial charge in [-0.25, -0.2) is 13.6 Å². The monoisotopic (exact) mass is 336 g/mol. The first kappa shape index (κ1) is 16.0. The number of halogens is 2. The van der Waals surface area contributed by atoms with E-state index in [1.54, 1.807) is 12.1 Å². The number of sulfonamides is 1. The Balaban J connectivity index is 2.01. The van der Waals surface area contributed by atoms with Crippen LogP contribution in [0.1, 0.15) is 18.4 Å². The molecule has 1 aromatic carbocycles. The van der Waals surface area contributed by atoms with Crippen molar-refractivity contribution in [2.24, 2.45) is 11.1 Å². The van der Waals surface area contributed by atoms with E-state index in [4.69, 9.17) is 28.3 Å². The normalized spacial score (nSPS) is 21.1. The van der Waals surface area contributed by atoms with E-state index in [-0.39, 0.29) is 11.7 Å². The van der Waals surface area contributed by atoms with E-state index in [9.17, 15) is 8.42 Å². The summed E-state index contributed by atoms with van der Waals surface area (Å²) in [5, 5.41) is 6.46. The molecule has 7 heteroatoms. The molecule has 0 aromatic heterocycles. The lowest BCUT2D eigenvalue weighted by molar-refractivity contribution is 0.178. The van der Waals surface area contributed by atoms with E-state index in [1.807, 2.05) is 6.07 Å². The molecule has 1 atom stereocenters. The van der Waals surface area contributed by atoms with Crippen molar-refractivity contribution in [1.82, 2.24) is 4.90 Å². The zero-order valence-electron chi connectivity index (χ0n) is 11.1.